The Morgan fingerprint density at radius 3 is 2.69 bits per heavy atom. The molecular formula is C24H26N2O6. The van der Waals surface area contributed by atoms with Crippen molar-refractivity contribution in [2.45, 2.75) is 37.5 Å². The molecule has 2 aromatic carbocycles. The topological polar surface area (TPSA) is 94.2 Å². The molecule has 1 N–H and O–H groups in total. The van der Waals surface area contributed by atoms with Crippen molar-refractivity contribution in [3.63, 3.8) is 0 Å². The van der Waals surface area contributed by atoms with E-state index in [1.165, 1.54) is 7.11 Å². The molecule has 4 rings (SSSR count). The Morgan fingerprint density at radius 2 is 1.94 bits per heavy atom. The third kappa shape index (κ3) is 4.60. The first kappa shape index (κ1) is 21.8. The minimum Gasteiger partial charge on any atom is -0.490 e. The van der Waals surface area contributed by atoms with Gasteiger partial charge in [-0.05, 0) is 43.2 Å². The summed E-state index contributed by atoms with van der Waals surface area (Å²) >= 11 is 0. The van der Waals surface area contributed by atoms with Gasteiger partial charge >= 0.3 is 5.97 Å². The van der Waals surface area contributed by atoms with E-state index in [1.807, 2.05) is 6.07 Å². The first-order valence-electron chi connectivity index (χ1n) is 10.6. The normalized spacial score (nSPS) is 22.5. The van der Waals surface area contributed by atoms with E-state index in [-0.39, 0.29) is 49.1 Å². The van der Waals surface area contributed by atoms with Crippen LogP contribution in [0.1, 0.15) is 40.0 Å². The molecule has 2 aliphatic rings. The molecule has 168 valence electrons. The molecule has 2 aliphatic heterocycles. The highest BCUT2D eigenvalue weighted by Gasteiger charge is 2.39. The highest BCUT2D eigenvalue weighted by molar-refractivity contribution is 6.05. The molecule has 2 aromatic rings. The lowest BCUT2D eigenvalue weighted by Crippen LogP contribution is -2.53. The van der Waals surface area contributed by atoms with Crippen molar-refractivity contribution in [1.82, 2.24) is 4.90 Å². The van der Waals surface area contributed by atoms with Crippen LogP contribution >= 0.6 is 0 Å². The van der Waals surface area contributed by atoms with Gasteiger partial charge in [0.05, 0.1) is 31.2 Å². The van der Waals surface area contributed by atoms with Crippen LogP contribution in [0.2, 0.25) is 0 Å². The van der Waals surface area contributed by atoms with Crippen molar-refractivity contribution in [2.24, 2.45) is 0 Å². The van der Waals surface area contributed by atoms with E-state index in [1.54, 1.807) is 54.4 Å². The minimum atomic E-state index is -0.349. The molecule has 0 spiro atoms. The van der Waals surface area contributed by atoms with Crippen LogP contribution in [0.3, 0.4) is 0 Å². The molecule has 8 heteroatoms. The molecule has 0 aliphatic carbocycles. The summed E-state index contributed by atoms with van der Waals surface area (Å²) < 4.78 is 16.8. The van der Waals surface area contributed by atoms with Gasteiger partial charge in [0.25, 0.3) is 11.8 Å². The van der Waals surface area contributed by atoms with Gasteiger partial charge < -0.3 is 24.4 Å². The fourth-order valence-electron chi connectivity index (χ4n) is 4.17. The van der Waals surface area contributed by atoms with Crippen LogP contribution in [-0.2, 0) is 14.3 Å². The van der Waals surface area contributed by atoms with Gasteiger partial charge in [-0.25, -0.2) is 0 Å². The molecule has 1 fully saturated rings. The van der Waals surface area contributed by atoms with Gasteiger partial charge in [-0.3, -0.25) is 14.4 Å². The molecule has 0 unspecified atom stereocenters. The second-order valence-corrected chi connectivity index (χ2v) is 7.98. The number of esters is 1. The molecule has 0 saturated carbocycles. The number of amides is 2. The molecular weight excluding hydrogens is 412 g/mol. The Balaban J connectivity index is 1.52. The van der Waals surface area contributed by atoms with E-state index in [0.29, 0.717) is 35.4 Å². The van der Waals surface area contributed by atoms with Crippen molar-refractivity contribution in [1.29, 1.82) is 0 Å². The average Bonchev–Trinajstić information content (AvgIpc) is 2.82. The zero-order valence-corrected chi connectivity index (χ0v) is 18.1. The first-order valence-corrected chi connectivity index (χ1v) is 10.6. The molecule has 0 radical (unpaired) electrons. The zero-order valence-electron chi connectivity index (χ0n) is 18.1. The number of carbonyl (C=O) groups excluding carboxylic acids is 3. The number of anilines is 1. The van der Waals surface area contributed by atoms with Gasteiger partial charge in [-0.1, -0.05) is 18.2 Å². The van der Waals surface area contributed by atoms with Gasteiger partial charge in [0.1, 0.15) is 18.5 Å². The van der Waals surface area contributed by atoms with E-state index in [4.69, 9.17) is 14.2 Å². The monoisotopic (exact) mass is 438 g/mol. The summed E-state index contributed by atoms with van der Waals surface area (Å²) in [4.78, 5) is 39.0. The average molecular weight is 438 g/mol. The lowest BCUT2D eigenvalue weighted by Gasteiger charge is -2.42. The van der Waals surface area contributed by atoms with Gasteiger partial charge in [-0.15, -0.1) is 0 Å². The third-order valence-electron chi connectivity index (χ3n) is 5.93. The van der Waals surface area contributed by atoms with Crippen molar-refractivity contribution >= 4 is 23.5 Å². The number of rotatable bonds is 4. The Bertz CT molecular complexity index is 1010. The quantitative estimate of drug-likeness (QED) is 0.738. The fraction of sp³-hybridized carbons (Fsp3) is 0.375. The number of methoxy groups -OCH3 is 1. The summed E-state index contributed by atoms with van der Waals surface area (Å²) in [5.74, 6) is -0.354. The summed E-state index contributed by atoms with van der Waals surface area (Å²) in [6.07, 6.45) is 0.910. The lowest BCUT2D eigenvalue weighted by atomic mass is 9.94. The van der Waals surface area contributed by atoms with Gasteiger partial charge in [0.2, 0.25) is 0 Å². The summed E-state index contributed by atoms with van der Waals surface area (Å²) in [5.41, 5.74) is 1.43. The van der Waals surface area contributed by atoms with Crippen molar-refractivity contribution in [3.05, 3.63) is 59.7 Å². The highest BCUT2D eigenvalue weighted by atomic mass is 16.5. The second kappa shape index (κ2) is 9.40. The van der Waals surface area contributed by atoms with E-state index in [9.17, 15) is 14.4 Å². The molecule has 2 amide bonds. The maximum Gasteiger partial charge on any atom is 0.308 e. The predicted molar refractivity (Wildman–Crippen MR) is 117 cm³/mol. The van der Waals surface area contributed by atoms with E-state index >= 15 is 0 Å². The molecule has 0 aromatic heterocycles. The van der Waals surface area contributed by atoms with Crippen LogP contribution < -0.4 is 10.1 Å². The molecule has 3 atom stereocenters. The van der Waals surface area contributed by atoms with Crippen molar-refractivity contribution in [2.75, 3.05) is 26.1 Å². The number of carbonyl (C=O) groups is 3. The fourth-order valence-corrected chi connectivity index (χ4v) is 4.17. The Hall–Kier alpha value is -3.39. The maximum atomic E-state index is 13.3. The number of hydrogen-bond acceptors (Lipinski definition) is 6. The largest absolute Gasteiger partial charge is 0.490 e. The van der Waals surface area contributed by atoms with Crippen LogP contribution in [0.4, 0.5) is 5.69 Å². The summed E-state index contributed by atoms with van der Waals surface area (Å²) in [7, 11) is 3.10. The van der Waals surface area contributed by atoms with E-state index in [2.05, 4.69) is 5.32 Å². The van der Waals surface area contributed by atoms with Crippen molar-refractivity contribution < 1.29 is 28.6 Å². The van der Waals surface area contributed by atoms with Crippen molar-refractivity contribution in [3.8, 4) is 5.75 Å². The summed E-state index contributed by atoms with van der Waals surface area (Å²) in [5, 5.41) is 2.83. The number of hydrogen-bond donors (Lipinski definition) is 1. The zero-order chi connectivity index (χ0) is 22.7. The third-order valence-corrected chi connectivity index (χ3v) is 5.93. The number of ether oxygens (including phenoxy) is 3. The highest BCUT2D eigenvalue weighted by Crippen LogP contribution is 2.32. The SMILES string of the molecule is COC(=O)C[C@@H]1CC[C@H]2[C@H](COc3ccc(NC(=O)c4ccccc4)cc3C(=O)N2C)O1. The smallest absolute Gasteiger partial charge is 0.308 e. The van der Waals surface area contributed by atoms with Crippen LogP contribution in [0, 0.1) is 0 Å². The lowest BCUT2D eigenvalue weighted by molar-refractivity contribution is -0.151. The number of nitrogens with one attached hydrogen (secondary N) is 1. The standard InChI is InChI=1S/C24H26N2O6/c1-26-19-10-9-17(13-22(27)30-2)32-21(19)14-31-20-11-8-16(12-18(20)24(26)29)25-23(28)15-6-4-3-5-7-15/h3-8,11-12,17,19,21H,9-10,13-14H2,1-2H3,(H,25,28)/t17-,19-,21-/m0/s1. The van der Waals surface area contributed by atoms with Crippen LogP contribution in [0.15, 0.2) is 48.5 Å². The molecule has 8 nitrogen and oxygen atoms in total. The maximum absolute atomic E-state index is 13.3. The Morgan fingerprint density at radius 1 is 1.16 bits per heavy atom. The Labute approximate surface area is 186 Å². The van der Waals surface area contributed by atoms with Gasteiger partial charge in [0, 0.05) is 18.3 Å². The summed E-state index contributed by atoms with van der Waals surface area (Å²) in [6.45, 7) is 0.253. The molecule has 0 bridgehead atoms. The van der Waals surface area contributed by atoms with Crippen LogP contribution in [0.25, 0.3) is 0 Å². The summed E-state index contributed by atoms with van der Waals surface area (Å²) in [6, 6.07) is 13.7. The van der Waals surface area contributed by atoms with Crippen LogP contribution in [0.5, 0.6) is 5.75 Å². The predicted octanol–water partition coefficient (Wildman–Crippen LogP) is 2.88. The number of benzene rings is 2. The number of fused-ring (bicyclic) bond motifs is 2. The van der Waals surface area contributed by atoms with Gasteiger partial charge in [0.15, 0.2) is 0 Å². The number of nitrogens with zero attached hydrogens (tertiary/aromatic N) is 1. The molecule has 2 heterocycles. The van der Waals surface area contributed by atoms with Crippen LogP contribution in [-0.4, -0.2) is 61.7 Å². The first-order chi connectivity index (χ1) is 15.5. The van der Waals surface area contributed by atoms with E-state index < -0.39 is 0 Å². The Kier molecular flexibility index (Phi) is 6.41. The number of likely N-dealkylation sites (N-methyl/N-ethyl adjacent to an activating group) is 1. The minimum absolute atomic E-state index is 0.174. The van der Waals surface area contributed by atoms with Gasteiger partial charge in [-0.2, -0.15) is 0 Å². The van der Waals surface area contributed by atoms with E-state index in [0.717, 1.165) is 0 Å². The molecule has 1 saturated heterocycles. The molecule has 32 heavy (non-hydrogen) atoms. The second-order valence-electron chi connectivity index (χ2n) is 7.98.